The number of halogens is 3. The Hall–Kier alpha value is -3.49. The molecule has 3 heterocycles. The zero-order chi connectivity index (χ0) is 20.4. The van der Waals surface area contributed by atoms with Gasteiger partial charge in [0.05, 0.1) is 23.1 Å². The standard InChI is InChI=1S/C20H17F3N4O2/c21-11-2-1-3-12(8-11)26-19-17-14(5-7-25-20(17)28)27-18(19)13-4-6-24-9-15(13)29-10-16(22)23/h1-4,6,8-9,16,26-27H,5,7,10H2,(H,25,28). The molecule has 0 atom stereocenters. The number of anilines is 2. The Morgan fingerprint density at radius 2 is 2.14 bits per heavy atom. The van der Waals surface area contributed by atoms with Gasteiger partial charge in [-0.25, -0.2) is 13.2 Å². The Bertz CT molecular complexity index is 1050. The number of hydrogen-bond acceptors (Lipinski definition) is 4. The average Bonchev–Trinajstić information content (AvgIpc) is 3.06. The Labute approximate surface area is 164 Å². The van der Waals surface area contributed by atoms with Crippen LogP contribution in [-0.4, -0.2) is 35.5 Å². The van der Waals surface area contributed by atoms with Gasteiger partial charge in [-0.3, -0.25) is 9.78 Å². The number of fused-ring (bicyclic) bond motifs is 1. The summed E-state index contributed by atoms with van der Waals surface area (Å²) in [5.41, 5.74) is 2.88. The first kappa shape index (κ1) is 18.9. The van der Waals surface area contributed by atoms with Gasteiger partial charge in [-0.05, 0) is 24.3 Å². The van der Waals surface area contributed by atoms with Gasteiger partial charge in [-0.2, -0.15) is 0 Å². The third-order valence-electron chi connectivity index (χ3n) is 4.48. The van der Waals surface area contributed by atoms with Crippen LogP contribution < -0.4 is 15.4 Å². The molecule has 150 valence electrons. The van der Waals surface area contributed by atoms with Crippen molar-refractivity contribution < 1.29 is 22.7 Å². The number of hydrogen-bond donors (Lipinski definition) is 3. The predicted octanol–water partition coefficient (Wildman–Crippen LogP) is 3.89. The topological polar surface area (TPSA) is 79.0 Å². The molecule has 0 spiro atoms. The van der Waals surface area contributed by atoms with Crippen LogP contribution in [0.1, 0.15) is 16.1 Å². The molecule has 0 fully saturated rings. The number of alkyl halides is 2. The summed E-state index contributed by atoms with van der Waals surface area (Å²) in [6.45, 7) is -0.317. The highest BCUT2D eigenvalue weighted by atomic mass is 19.3. The van der Waals surface area contributed by atoms with E-state index in [1.807, 2.05) is 0 Å². The van der Waals surface area contributed by atoms with Gasteiger partial charge in [0.1, 0.15) is 18.2 Å². The summed E-state index contributed by atoms with van der Waals surface area (Å²) >= 11 is 0. The van der Waals surface area contributed by atoms with Gasteiger partial charge in [0.2, 0.25) is 0 Å². The van der Waals surface area contributed by atoms with E-state index in [1.165, 1.54) is 24.5 Å². The molecule has 6 nitrogen and oxygen atoms in total. The fourth-order valence-corrected chi connectivity index (χ4v) is 3.27. The van der Waals surface area contributed by atoms with E-state index in [0.717, 1.165) is 0 Å². The number of carbonyl (C=O) groups excluding carboxylic acids is 1. The molecular formula is C20H17F3N4O2. The highest BCUT2D eigenvalue weighted by Crippen LogP contribution is 2.40. The molecule has 0 saturated heterocycles. The molecular weight excluding hydrogens is 385 g/mol. The van der Waals surface area contributed by atoms with Crippen LogP contribution in [0.2, 0.25) is 0 Å². The van der Waals surface area contributed by atoms with Crippen molar-refractivity contribution in [2.45, 2.75) is 12.8 Å². The van der Waals surface area contributed by atoms with Crippen molar-refractivity contribution in [3.8, 4) is 17.0 Å². The van der Waals surface area contributed by atoms with Crippen molar-refractivity contribution in [3.05, 3.63) is 59.8 Å². The fraction of sp³-hybridized carbons (Fsp3) is 0.200. The van der Waals surface area contributed by atoms with Crippen LogP contribution in [0.15, 0.2) is 42.7 Å². The SMILES string of the molecule is O=C1NCCc2[nH]c(-c3ccncc3OCC(F)F)c(Nc3cccc(F)c3)c21. The Morgan fingerprint density at radius 3 is 2.93 bits per heavy atom. The van der Waals surface area contributed by atoms with E-state index in [-0.39, 0.29) is 11.7 Å². The van der Waals surface area contributed by atoms with E-state index in [4.69, 9.17) is 4.74 Å². The summed E-state index contributed by atoms with van der Waals surface area (Å²) < 4.78 is 44.1. The zero-order valence-corrected chi connectivity index (χ0v) is 15.1. The van der Waals surface area contributed by atoms with Gasteiger partial charge in [0.15, 0.2) is 0 Å². The zero-order valence-electron chi connectivity index (χ0n) is 15.1. The number of nitrogens with one attached hydrogen (secondary N) is 3. The second-order valence-corrected chi connectivity index (χ2v) is 6.44. The van der Waals surface area contributed by atoms with E-state index in [1.54, 1.807) is 18.2 Å². The minimum atomic E-state index is -2.64. The van der Waals surface area contributed by atoms with Crippen molar-refractivity contribution in [1.29, 1.82) is 0 Å². The maximum atomic E-state index is 13.6. The molecule has 0 radical (unpaired) electrons. The molecule has 1 amide bonds. The maximum Gasteiger partial charge on any atom is 0.272 e. The molecule has 4 rings (SSSR count). The highest BCUT2D eigenvalue weighted by molar-refractivity contribution is 6.06. The van der Waals surface area contributed by atoms with Crippen molar-refractivity contribution in [1.82, 2.24) is 15.3 Å². The number of amides is 1. The molecule has 3 aromatic rings. The average molecular weight is 402 g/mol. The van der Waals surface area contributed by atoms with Crippen molar-refractivity contribution in [2.75, 3.05) is 18.5 Å². The lowest BCUT2D eigenvalue weighted by molar-refractivity contribution is 0.0820. The lowest BCUT2D eigenvalue weighted by atomic mass is 10.0. The van der Waals surface area contributed by atoms with Crippen molar-refractivity contribution in [3.63, 3.8) is 0 Å². The van der Waals surface area contributed by atoms with Gasteiger partial charge in [0.25, 0.3) is 12.3 Å². The lowest BCUT2D eigenvalue weighted by Crippen LogP contribution is -2.31. The molecule has 1 aromatic carbocycles. The van der Waals surface area contributed by atoms with Gasteiger partial charge in [-0.15, -0.1) is 0 Å². The molecule has 1 aliphatic rings. The molecule has 1 aliphatic heterocycles. The number of ether oxygens (including phenoxy) is 1. The fourth-order valence-electron chi connectivity index (χ4n) is 3.27. The van der Waals surface area contributed by atoms with Crippen LogP contribution >= 0.6 is 0 Å². The number of H-pyrrole nitrogens is 1. The molecule has 0 aliphatic carbocycles. The van der Waals surface area contributed by atoms with Gasteiger partial charge in [-0.1, -0.05) is 6.07 Å². The highest BCUT2D eigenvalue weighted by Gasteiger charge is 2.28. The number of aromatic nitrogens is 2. The molecule has 0 bridgehead atoms. The third-order valence-corrected chi connectivity index (χ3v) is 4.48. The van der Waals surface area contributed by atoms with Gasteiger partial charge >= 0.3 is 0 Å². The third kappa shape index (κ3) is 3.89. The number of pyridine rings is 1. The summed E-state index contributed by atoms with van der Waals surface area (Å²) in [6.07, 6.45) is 0.757. The molecule has 9 heteroatoms. The normalized spacial score (nSPS) is 13.2. The summed E-state index contributed by atoms with van der Waals surface area (Å²) in [4.78, 5) is 19.7. The van der Waals surface area contributed by atoms with Gasteiger partial charge in [0, 0.05) is 36.1 Å². The van der Waals surface area contributed by atoms with Crippen LogP contribution in [0.3, 0.4) is 0 Å². The maximum absolute atomic E-state index is 13.6. The summed E-state index contributed by atoms with van der Waals surface area (Å²) in [6, 6.07) is 7.41. The summed E-state index contributed by atoms with van der Waals surface area (Å²) in [7, 11) is 0. The first-order valence-corrected chi connectivity index (χ1v) is 8.94. The summed E-state index contributed by atoms with van der Waals surface area (Å²) in [5, 5.41) is 5.87. The minimum Gasteiger partial charge on any atom is -0.485 e. The largest absolute Gasteiger partial charge is 0.485 e. The Kier molecular flexibility index (Phi) is 5.11. The van der Waals surface area contributed by atoms with E-state index in [2.05, 4.69) is 20.6 Å². The summed E-state index contributed by atoms with van der Waals surface area (Å²) in [5.74, 6) is -0.568. The van der Waals surface area contributed by atoms with E-state index >= 15 is 0 Å². The number of rotatable bonds is 6. The molecule has 0 saturated carbocycles. The Morgan fingerprint density at radius 1 is 1.28 bits per heavy atom. The molecule has 2 aromatic heterocycles. The Balaban J connectivity index is 1.83. The van der Waals surface area contributed by atoms with E-state index in [0.29, 0.717) is 46.9 Å². The smallest absolute Gasteiger partial charge is 0.272 e. The van der Waals surface area contributed by atoms with E-state index < -0.39 is 18.8 Å². The number of benzene rings is 1. The first-order valence-electron chi connectivity index (χ1n) is 8.94. The van der Waals surface area contributed by atoms with Crippen molar-refractivity contribution in [2.24, 2.45) is 0 Å². The first-order chi connectivity index (χ1) is 14.0. The second-order valence-electron chi connectivity index (χ2n) is 6.44. The van der Waals surface area contributed by atoms with Crippen molar-refractivity contribution >= 4 is 17.3 Å². The molecule has 3 N–H and O–H groups in total. The van der Waals surface area contributed by atoms with Crippen LogP contribution in [0.25, 0.3) is 11.3 Å². The minimum absolute atomic E-state index is 0.147. The van der Waals surface area contributed by atoms with Crippen LogP contribution in [0.4, 0.5) is 24.5 Å². The number of nitrogens with zero attached hydrogens (tertiary/aromatic N) is 1. The monoisotopic (exact) mass is 402 g/mol. The van der Waals surface area contributed by atoms with E-state index in [9.17, 15) is 18.0 Å². The van der Waals surface area contributed by atoms with Crippen LogP contribution in [-0.2, 0) is 6.42 Å². The predicted molar refractivity (Wildman–Crippen MR) is 101 cm³/mol. The number of aromatic amines is 1. The lowest BCUT2D eigenvalue weighted by Gasteiger charge is -2.15. The number of carbonyl (C=O) groups is 1. The second kappa shape index (κ2) is 7.86. The quantitative estimate of drug-likeness (QED) is 0.585. The van der Waals surface area contributed by atoms with Gasteiger partial charge < -0.3 is 20.4 Å². The molecule has 0 unspecified atom stereocenters. The van der Waals surface area contributed by atoms with Crippen LogP contribution in [0.5, 0.6) is 5.75 Å². The molecule has 29 heavy (non-hydrogen) atoms. The van der Waals surface area contributed by atoms with Crippen LogP contribution in [0, 0.1) is 5.82 Å².